The average Bonchev–Trinajstić information content (AvgIpc) is 3.50. The van der Waals surface area contributed by atoms with E-state index in [9.17, 15) is 14.4 Å². The molecule has 1 fully saturated rings. The summed E-state index contributed by atoms with van der Waals surface area (Å²) in [5, 5.41) is 6.11. The van der Waals surface area contributed by atoms with Gasteiger partial charge in [-0.1, -0.05) is 78.9 Å². The van der Waals surface area contributed by atoms with Crippen LogP contribution in [0.1, 0.15) is 27.0 Å². The number of aromatic nitrogens is 1. The van der Waals surface area contributed by atoms with Gasteiger partial charge in [0.15, 0.2) is 5.54 Å². The van der Waals surface area contributed by atoms with E-state index in [-0.39, 0.29) is 12.5 Å². The molecule has 4 amide bonds. The molecule has 2 aliphatic heterocycles. The smallest absolute Gasteiger partial charge is 0.322 e. The van der Waals surface area contributed by atoms with Crippen LogP contribution in [0, 0.1) is 0 Å². The van der Waals surface area contributed by atoms with Crippen molar-refractivity contribution >= 4 is 28.7 Å². The molecule has 0 spiro atoms. The lowest BCUT2D eigenvalue weighted by Crippen LogP contribution is -2.52. The minimum Gasteiger partial charge on any atom is -0.489 e. The van der Waals surface area contributed by atoms with Crippen molar-refractivity contribution in [2.24, 2.45) is 0 Å². The lowest BCUT2D eigenvalue weighted by Gasteiger charge is -2.31. The van der Waals surface area contributed by atoms with Gasteiger partial charge in [0, 0.05) is 28.6 Å². The molecular weight excluding hydrogens is 528 g/mol. The number of imide groups is 1. The summed E-state index contributed by atoms with van der Waals surface area (Å²) in [6.07, 6.45) is 0. The Bertz CT molecular complexity index is 1860. The number of fused-ring (bicyclic) bond motifs is 2. The van der Waals surface area contributed by atoms with Crippen molar-refractivity contribution in [2.45, 2.75) is 18.7 Å². The summed E-state index contributed by atoms with van der Waals surface area (Å²) in [4.78, 5) is 45.0. The molecule has 8 nitrogen and oxygen atoms in total. The predicted molar refractivity (Wildman–Crippen MR) is 157 cm³/mol. The van der Waals surface area contributed by atoms with Crippen LogP contribution in [0.25, 0.3) is 22.2 Å². The first-order chi connectivity index (χ1) is 20.5. The summed E-state index contributed by atoms with van der Waals surface area (Å²) in [6.45, 7) is 0.617. The monoisotopic (exact) mass is 554 g/mol. The van der Waals surface area contributed by atoms with Crippen molar-refractivity contribution in [1.82, 2.24) is 20.5 Å². The van der Waals surface area contributed by atoms with Crippen molar-refractivity contribution in [2.75, 3.05) is 6.54 Å². The van der Waals surface area contributed by atoms with E-state index in [1.54, 1.807) is 41.3 Å². The van der Waals surface area contributed by atoms with Gasteiger partial charge in [-0.3, -0.25) is 14.9 Å². The average molecular weight is 555 g/mol. The zero-order chi connectivity index (χ0) is 28.7. The summed E-state index contributed by atoms with van der Waals surface area (Å²) in [6, 6.07) is 33.9. The normalized spacial score (nSPS) is 17.7. The third kappa shape index (κ3) is 4.43. The quantitative estimate of drug-likeness (QED) is 0.270. The van der Waals surface area contributed by atoms with Crippen LogP contribution in [0.2, 0.25) is 0 Å². The molecule has 2 aliphatic rings. The summed E-state index contributed by atoms with van der Waals surface area (Å²) >= 11 is 0. The Morgan fingerprint density at radius 3 is 2.33 bits per heavy atom. The molecule has 4 aromatic carbocycles. The van der Waals surface area contributed by atoms with Crippen LogP contribution in [0.5, 0.6) is 5.75 Å². The topological polar surface area (TPSA) is 101 Å². The Balaban J connectivity index is 1.13. The number of pyridine rings is 1. The molecule has 1 atom stereocenters. The predicted octanol–water partition coefficient (Wildman–Crippen LogP) is 5.17. The van der Waals surface area contributed by atoms with Gasteiger partial charge in [0.1, 0.15) is 12.4 Å². The standard InChI is InChI=1S/C34H26N4O4/c39-31-28-16-15-26(42-20-24-18-30(22-9-3-1-4-10-22)35-29-14-8-7-13-27(24)29)17-23(28)19-38(31)21-34(25-11-5-2-6-12-25)32(40)36-33(41)37-34/h1-18H,19-21H2,(H2,36,37,40,41). The maximum absolute atomic E-state index is 13.4. The number of amides is 4. The maximum Gasteiger partial charge on any atom is 0.322 e. The molecule has 7 rings (SSSR count). The van der Waals surface area contributed by atoms with Gasteiger partial charge >= 0.3 is 6.03 Å². The highest BCUT2D eigenvalue weighted by molar-refractivity contribution is 6.08. The lowest BCUT2D eigenvalue weighted by molar-refractivity contribution is -0.124. The van der Waals surface area contributed by atoms with E-state index in [2.05, 4.69) is 16.7 Å². The fourth-order valence-electron chi connectivity index (χ4n) is 5.77. The van der Waals surface area contributed by atoms with Crippen molar-refractivity contribution in [3.63, 3.8) is 0 Å². The molecule has 1 saturated heterocycles. The number of carbonyl (C=O) groups excluding carboxylic acids is 3. The highest BCUT2D eigenvalue weighted by Crippen LogP contribution is 2.33. The number of ether oxygens (including phenoxy) is 1. The number of nitrogens with zero attached hydrogens (tertiary/aromatic N) is 2. The van der Waals surface area contributed by atoms with E-state index in [4.69, 9.17) is 9.72 Å². The Hall–Kier alpha value is -5.50. The zero-order valence-corrected chi connectivity index (χ0v) is 22.5. The van der Waals surface area contributed by atoms with Gasteiger partial charge in [-0.2, -0.15) is 0 Å². The minimum atomic E-state index is -1.37. The van der Waals surface area contributed by atoms with Gasteiger partial charge in [0.2, 0.25) is 0 Å². The zero-order valence-electron chi connectivity index (χ0n) is 22.5. The number of rotatable bonds is 7. The highest BCUT2D eigenvalue weighted by Gasteiger charge is 2.50. The van der Waals surface area contributed by atoms with Crippen LogP contribution < -0.4 is 15.4 Å². The summed E-state index contributed by atoms with van der Waals surface area (Å²) in [5.41, 5.74) is 4.40. The highest BCUT2D eigenvalue weighted by atomic mass is 16.5. The molecule has 2 N–H and O–H groups in total. The van der Waals surface area contributed by atoms with Crippen LogP contribution in [0.4, 0.5) is 4.79 Å². The molecule has 1 aromatic heterocycles. The Kier molecular flexibility index (Phi) is 6.16. The fraction of sp³-hybridized carbons (Fsp3) is 0.118. The molecule has 0 radical (unpaired) electrons. The van der Waals surface area contributed by atoms with Crippen molar-refractivity contribution in [1.29, 1.82) is 0 Å². The molecule has 1 unspecified atom stereocenters. The number of hydrogen-bond donors (Lipinski definition) is 2. The van der Waals surface area contributed by atoms with Crippen LogP contribution in [-0.4, -0.2) is 34.3 Å². The molecule has 3 heterocycles. The van der Waals surface area contributed by atoms with Crippen LogP contribution in [-0.2, 0) is 23.5 Å². The summed E-state index contributed by atoms with van der Waals surface area (Å²) in [7, 11) is 0. The molecule has 5 aromatic rings. The van der Waals surface area contributed by atoms with Gasteiger partial charge in [-0.15, -0.1) is 0 Å². The van der Waals surface area contributed by atoms with Gasteiger partial charge in [0.25, 0.3) is 11.8 Å². The van der Waals surface area contributed by atoms with Gasteiger partial charge < -0.3 is 15.0 Å². The number of carbonyl (C=O) groups is 3. The van der Waals surface area contributed by atoms with Crippen LogP contribution in [0.3, 0.4) is 0 Å². The van der Waals surface area contributed by atoms with Gasteiger partial charge in [-0.25, -0.2) is 9.78 Å². The van der Waals surface area contributed by atoms with Crippen molar-refractivity contribution in [3.8, 4) is 17.0 Å². The first-order valence-electron chi connectivity index (χ1n) is 13.7. The second-order valence-corrected chi connectivity index (χ2v) is 10.5. The third-order valence-corrected chi connectivity index (χ3v) is 7.86. The Morgan fingerprint density at radius 2 is 1.57 bits per heavy atom. The van der Waals surface area contributed by atoms with Crippen molar-refractivity contribution < 1.29 is 19.1 Å². The van der Waals surface area contributed by atoms with E-state index < -0.39 is 17.5 Å². The molecule has 0 saturated carbocycles. The number of urea groups is 1. The van der Waals surface area contributed by atoms with E-state index in [0.29, 0.717) is 30.0 Å². The third-order valence-electron chi connectivity index (χ3n) is 7.86. The van der Waals surface area contributed by atoms with Crippen LogP contribution in [0.15, 0.2) is 109 Å². The van der Waals surface area contributed by atoms with E-state index in [1.165, 1.54) is 0 Å². The molecule has 42 heavy (non-hydrogen) atoms. The van der Waals surface area contributed by atoms with Crippen molar-refractivity contribution in [3.05, 3.63) is 131 Å². The largest absolute Gasteiger partial charge is 0.489 e. The second-order valence-electron chi connectivity index (χ2n) is 10.5. The second kappa shape index (κ2) is 10.2. The minimum absolute atomic E-state index is 0.00353. The molecule has 0 aliphatic carbocycles. The van der Waals surface area contributed by atoms with E-state index in [0.717, 1.165) is 33.3 Å². The lowest BCUT2D eigenvalue weighted by atomic mass is 9.89. The number of benzene rings is 4. The molecule has 0 bridgehead atoms. The number of nitrogens with one attached hydrogen (secondary N) is 2. The summed E-state index contributed by atoms with van der Waals surface area (Å²) < 4.78 is 6.26. The Labute approximate surface area is 242 Å². The summed E-state index contributed by atoms with van der Waals surface area (Å²) in [5.74, 6) is -0.0467. The molecular formula is C34H26N4O4. The van der Waals surface area contributed by atoms with E-state index in [1.807, 2.05) is 66.7 Å². The Morgan fingerprint density at radius 1 is 0.833 bits per heavy atom. The first kappa shape index (κ1) is 25.5. The molecule has 8 heteroatoms. The number of hydrogen-bond acceptors (Lipinski definition) is 5. The van der Waals surface area contributed by atoms with Gasteiger partial charge in [0.05, 0.1) is 17.8 Å². The fourth-order valence-corrected chi connectivity index (χ4v) is 5.77. The maximum atomic E-state index is 13.4. The SMILES string of the molecule is O=C1NC(=O)C(CN2Cc3cc(OCc4cc(-c5ccccc5)nc5ccccc45)ccc3C2=O)(c2ccccc2)N1. The molecule has 206 valence electrons. The van der Waals surface area contributed by atoms with Gasteiger partial charge in [-0.05, 0) is 41.5 Å². The van der Waals surface area contributed by atoms with Crippen LogP contribution >= 0.6 is 0 Å². The number of para-hydroxylation sites is 1. The van der Waals surface area contributed by atoms with E-state index >= 15 is 0 Å². The first-order valence-corrected chi connectivity index (χ1v) is 13.7.